The second-order valence-electron chi connectivity index (χ2n) is 4.47. The highest BCUT2D eigenvalue weighted by Gasteiger charge is 2.21. The molecule has 0 spiro atoms. The first-order chi connectivity index (χ1) is 9.65. The highest BCUT2D eigenvalue weighted by atomic mass is 16.7. The van der Waals surface area contributed by atoms with Crippen molar-refractivity contribution in [2.75, 3.05) is 20.4 Å². The number of fused-ring (bicyclic) bond motifs is 1. The van der Waals surface area contributed by atoms with Gasteiger partial charge in [-0.1, -0.05) is 6.92 Å². The third-order valence-corrected chi connectivity index (χ3v) is 3.04. The lowest BCUT2D eigenvalue weighted by Crippen LogP contribution is -2.34. The van der Waals surface area contributed by atoms with Crippen molar-refractivity contribution in [1.82, 2.24) is 10.6 Å². The Labute approximate surface area is 118 Å². The molecule has 2 rings (SSSR count). The molecule has 0 radical (unpaired) electrons. The van der Waals surface area contributed by atoms with Gasteiger partial charge < -0.3 is 24.8 Å². The normalized spacial score (nSPS) is 13.9. The number of nitrogens with one attached hydrogen (secondary N) is 2. The van der Waals surface area contributed by atoms with Crippen LogP contribution >= 0.6 is 0 Å². The maximum atomic E-state index is 11.6. The molecule has 1 aliphatic heterocycles. The van der Waals surface area contributed by atoms with Crippen molar-refractivity contribution in [3.8, 4) is 17.2 Å². The summed E-state index contributed by atoms with van der Waals surface area (Å²) in [6.45, 7) is 5.44. The van der Waals surface area contributed by atoms with Crippen LogP contribution in [0.4, 0.5) is 0 Å². The maximum Gasteiger partial charge on any atom is 0.260 e. The molecule has 1 amide bonds. The lowest BCUT2D eigenvalue weighted by Gasteiger charge is -2.17. The Bertz CT molecular complexity index is 490. The Hall–Kier alpha value is -1.95. The number of amides is 1. The lowest BCUT2D eigenvalue weighted by molar-refractivity contribution is -0.126. The third-order valence-electron chi connectivity index (χ3n) is 3.04. The summed E-state index contributed by atoms with van der Waals surface area (Å²) in [5.41, 5.74) is 0.937. The average molecular weight is 280 g/mol. The van der Waals surface area contributed by atoms with E-state index < -0.39 is 6.10 Å². The average Bonchev–Trinajstić information content (AvgIpc) is 2.90. The first kappa shape index (κ1) is 14.5. The van der Waals surface area contributed by atoms with Crippen molar-refractivity contribution in [1.29, 1.82) is 0 Å². The molecule has 6 heteroatoms. The van der Waals surface area contributed by atoms with Crippen LogP contribution in [0.2, 0.25) is 0 Å². The predicted octanol–water partition coefficient (Wildman–Crippen LogP) is 1.04. The molecule has 20 heavy (non-hydrogen) atoms. The topological polar surface area (TPSA) is 68.8 Å². The van der Waals surface area contributed by atoms with E-state index in [1.54, 1.807) is 20.0 Å². The van der Waals surface area contributed by atoms with Gasteiger partial charge in [-0.3, -0.25) is 4.79 Å². The van der Waals surface area contributed by atoms with Gasteiger partial charge in [-0.25, -0.2) is 0 Å². The van der Waals surface area contributed by atoms with Crippen LogP contribution in [0.25, 0.3) is 0 Å². The Balaban J connectivity index is 2.22. The molecule has 1 aliphatic rings. The minimum Gasteiger partial charge on any atom is -0.480 e. The summed E-state index contributed by atoms with van der Waals surface area (Å²) >= 11 is 0. The van der Waals surface area contributed by atoms with Crippen molar-refractivity contribution >= 4 is 5.91 Å². The van der Waals surface area contributed by atoms with E-state index in [0.29, 0.717) is 23.8 Å². The highest BCUT2D eigenvalue weighted by molar-refractivity contribution is 5.80. The van der Waals surface area contributed by atoms with Crippen molar-refractivity contribution in [3.05, 3.63) is 17.7 Å². The quantitative estimate of drug-likeness (QED) is 0.815. The van der Waals surface area contributed by atoms with Gasteiger partial charge in [0.25, 0.3) is 5.91 Å². The molecular weight excluding hydrogens is 260 g/mol. The molecule has 0 bridgehead atoms. The van der Waals surface area contributed by atoms with Gasteiger partial charge in [-0.15, -0.1) is 0 Å². The summed E-state index contributed by atoms with van der Waals surface area (Å²) in [5, 5.41) is 5.80. The second-order valence-corrected chi connectivity index (χ2v) is 4.47. The molecule has 0 saturated heterocycles. The van der Waals surface area contributed by atoms with Crippen LogP contribution in [0, 0.1) is 0 Å². The molecule has 1 aromatic carbocycles. The second kappa shape index (κ2) is 6.47. The van der Waals surface area contributed by atoms with Crippen molar-refractivity contribution in [2.45, 2.75) is 26.5 Å². The van der Waals surface area contributed by atoms with Crippen molar-refractivity contribution < 1.29 is 19.0 Å². The van der Waals surface area contributed by atoms with Crippen LogP contribution in [0.15, 0.2) is 12.1 Å². The van der Waals surface area contributed by atoms with Gasteiger partial charge in [0.05, 0.1) is 0 Å². The molecule has 1 aromatic rings. The highest BCUT2D eigenvalue weighted by Crippen LogP contribution is 2.38. The van der Waals surface area contributed by atoms with Crippen LogP contribution in [0.5, 0.6) is 17.2 Å². The number of hydrogen-bond acceptors (Lipinski definition) is 5. The van der Waals surface area contributed by atoms with E-state index in [0.717, 1.165) is 12.1 Å². The van der Waals surface area contributed by atoms with Crippen LogP contribution in [-0.2, 0) is 11.3 Å². The summed E-state index contributed by atoms with van der Waals surface area (Å²) in [6.07, 6.45) is -0.569. The Kier molecular flexibility index (Phi) is 4.68. The summed E-state index contributed by atoms with van der Waals surface area (Å²) in [6, 6.07) is 3.66. The zero-order valence-electron chi connectivity index (χ0n) is 12.0. The molecule has 0 aromatic heterocycles. The van der Waals surface area contributed by atoms with Crippen molar-refractivity contribution in [3.63, 3.8) is 0 Å². The van der Waals surface area contributed by atoms with E-state index in [-0.39, 0.29) is 12.7 Å². The number of likely N-dealkylation sites (N-methyl/N-ethyl adjacent to an activating group) is 1. The molecule has 0 fully saturated rings. The Morgan fingerprint density at radius 2 is 2.10 bits per heavy atom. The number of rotatable bonds is 6. The molecule has 0 aliphatic carbocycles. The lowest BCUT2D eigenvalue weighted by atomic mass is 10.1. The fourth-order valence-corrected chi connectivity index (χ4v) is 1.92. The number of carbonyl (C=O) groups excluding carboxylic acids is 1. The predicted molar refractivity (Wildman–Crippen MR) is 74.1 cm³/mol. The molecule has 1 heterocycles. The van der Waals surface area contributed by atoms with Crippen LogP contribution in [0.3, 0.4) is 0 Å². The van der Waals surface area contributed by atoms with Crippen LogP contribution in [0.1, 0.15) is 19.4 Å². The van der Waals surface area contributed by atoms with E-state index in [2.05, 4.69) is 10.6 Å². The summed E-state index contributed by atoms with van der Waals surface area (Å²) < 4.78 is 16.4. The summed E-state index contributed by atoms with van der Waals surface area (Å²) in [5.74, 6) is 1.81. The fraction of sp³-hybridized carbons (Fsp3) is 0.500. The van der Waals surface area contributed by atoms with Gasteiger partial charge in [-0.2, -0.15) is 0 Å². The minimum atomic E-state index is -0.569. The van der Waals surface area contributed by atoms with Gasteiger partial charge in [0.2, 0.25) is 6.79 Å². The fourth-order valence-electron chi connectivity index (χ4n) is 1.92. The molecule has 0 saturated carbocycles. The zero-order valence-corrected chi connectivity index (χ0v) is 12.0. The molecule has 6 nitrogen and oxygen atoms in total. The van der Waals surface area contributed by atoms with Crippen LogP contribution in [-0.4, -0.2) is 32.4 Å². The largest absolute Gasteiger partial charge is 0.480 e. The van der Waals surface area contributed by atoms with Gasteiger partial charge in [-0.05, 0) is 19.5 Å². The van der Waals surface area contributed by atoms with Gasteiger partial charge >= 0.3 is 0 Å². The van der Waals surface area contributed by atoms with E-state index >= 15 is 0 Å². The molecule has 1 unspecified atom stereocenters. The molecule has 1 atom stereocenters. The Morgan fingerprint density at radius 3 is 2.75 bits per heavy atom. The SMILES string of the molecule is CCNCc1cc2c(cc1OC(C)C(=O)NC)OCO2. The minimum absolute atomic E-state index is 0.169. The number of ether oxygens (including phenoxy) is 3. The van der Waals surface area contributed by atoms with Crippen molar-refractivity contribution in [2.24, 2.45) is 0 Å². The van der Waals surface area contributed by atoms with Gasteiger partial charge in [0.1, 0.15) is 5.75 Å². The molecular formula is C14H20N2O4. The monoisotopic (exact) mass is 280 g/mol. The van der Waals surface area contributed by atoms with E-state index in [1.165, 1.54) is 0 Å². The maximum absolute atomic E-state index is 11.6. The van der Waals surface area contributed by atoms with Gasteiger partial charge in [0.15, 0.2) is 17.6 Å². The molecule has 2 N–H and O–H groups in total. The van der Waals surface area contributed by atoms with E-state index in [1.807, 2.05) is 13.0 Å². The van der Waals surface area contributed by atoms with E-state index in [9.17, 15) is 4.79 Å². The van der Waals surface area contributed by atoms with Crippen LogP contribution < -0.4 is 24.8 Å². The summed E-state index contributed by atoms with van der Waals surface area (Å²) in [4.78, 5) is 11.6. The number of hydrogen-bond donors (Lipinski definition) is 2. The third kappa shape index (κ3) is 3.14. The molecule has 110 valence electrons. The smallest absolute Gasteiger partial charge is 0.260 e. The van der Waals surface area contributed by atoms with E-state index in [4.69, 9.17) is 14.2 Å². The van der Waals surface area contributed by atoms with Gasteiger partial charge in [0, 0.05) is 25.2 Å². The number of benzene rings is 1. The summed E-state index contributed by atoms with van der Waals surface area (Å²) in [7, 11) is 1.58. The standard InChI is InChI=1S/C14H20N2O4/c1-4-16-7-10-5-12-13(19-8-18-12)6-11(10)20-9(2)14(17)15-3/h5-6,9,16H,4,7-8H2,1-3H3,(H,15,17). The Morgan fingerprint density at radius 1 is 1.40 bits per heavy atom. The number of carbonyl (C=O) groups is 1. The first-order valence-electron chi connectivity index (χ1n) is 6.67. The zero-order chi connectivity index (χ0) is 14.5. The first-order valence-corrected chi connectivity index (χ1v) is 6.67.